The Labute approximate surface area is 82.4 Å². The molecule has 0 spiro atoms. The molecule has 0 aromatic carbocycles. The maximum Gasteiger partial charge on any atom is 0.208 e. The highest BCUT2D eigenvalue weighted by Gasteiger charge is 2.38. The number of allylic oxidation sites excluding steroid dienone is 4. The van der Waals surface area contributed by atoms with Gasteiger partial charge in [0.25, 0.3) is 0 Å². The van der Waals surface area contributed by atoms with Gasteiger partial charge < -0.3 is 9.47 Å². The van der Waals surface area contributed by atoms with Gasteiger partial charge in [0.15, 0.2) is 5.76 Å². The zero-order valence-electron chi connectivity index (χ0n) is 7.91. The number of rotatable bonds is 0. The second-order valence-corrected chi connectivity index (χ2v) is 3.91. The molecule has 0 aromatic heterocycles. The first kappa shape index (κ1) is 8.09. The first-order valence-corrected chi connectivity index (χ1v) is 5.11. The Morgan fingerprint density at radius 3 is 3.14 bits per heavy atom. The van der Waals surface area contributed by atoms with Crippen molar-refractivity contribution in [2.75, 3.05) is 13.2 Å². The molecule has 0 amide bonds. The summed E-state index contributed by atoms with van der Waals surface area (Å²) in [5.74, 6) is 1.55. The largest absolute Gasteiger partial charge is 0.497 e. The van der Waals surface area contributed by atoms with Gasteiger partial charge in [0.05, 0.1) is 19.1 Å². The smallest absolute Gasteiger partial charge is 0.208 e. The molecule has 2 aliphatic heterocycles. The minimum absolute atomic E-state index is 0.0492. The molecule has 1 aliphatic carbocycles. The number of ketones is 1. The molecule has 1 fully saturated rings. The van der Waals surface area contributed by atoms with Crippen LogP contribution in [0.15, 0.2) is 23.2 Å². The van der Waals surface area contributed by atoms with Gasteiger partial charge in [-0.25, -0.2) is 0 Å². The molecule has 14 heavy (non-hydrogen) atoms. The summed E-state index contributed by atoms with van der Waals surface area (Å²) in [7, 11) is 0. The van der Waals surface area contributed by atoms with E-state index in [1.165, 1.54) is 0 Å². The van der Waals surface area contributed by atoms with Crippen molar-refractivity contribution >= 4 is 5.78 Å². The van der Waals surface area contributed by atoms with Crippen molar-refractivity contribution in [3.8, 4) is 0 Å². The summed E-state index contributed by atoms with van der Waals surface area (Å²) in [6.45, 7) is 1.35. The number of ether oxygens (including phenoxy) is 2. The van der Waals surface area contributed by atoms with Crippen molar-refractivity contribution in [1.82, 2.24) is 0 Å². The number of hydrogen-bond donors (Lipinski definition) is 0. The van der Waals surface area contributed by atoms with E-state index >= 15 is 0 Å². The van der Waals surface area contributed by atoms with E-state index in [2.05, 4.69) is 0 Å². The van der Waals surface area contributed by atoms with E-state index in [1.807, 2.05) is 6.08 Å². The van der Waals surface area contributed by atoms with Gasteiger partial charge in [-0.05, 0) is 25.3 Å². The molecule has 3 rings (SSSR count). The van der Waals surface area contributed by atoms with E-state index in [1.54, 1.807) is 0 Å². The van der Waals surface area contributed by atoms with Crippen LogP contribution in [0.25, 0.3) is 0 Å². The first-order valence-electron chi connectivity index (χ1n) is 5.11. The number of carbonyl (C=O) groups excluding carboxylic acids is 1. The van der Waals surface area contributed by atoms with Gasteiger partial charge in [0, 0.05) is 5.57 Å². The van der Waals surface area contributed by atoms with Crippen LogP contribution in [0.1, 0.15) is 19.3 Å². The second kappa shape index (κ2) is 2.87. The molecule has 1 atom stereocenters. The molecule has 3 aliphatic rings. The topological polar surface area (TPSA) is 35.5 Å². The Balaban J connectivity index is 2.04. The lowest BCUT2D eigenvalue weighted by molar-refractivity contribution is -0.122. The maximum absolute atomic E-state index is 11.9. The number of fused-ring (bicyclic) bond motifs is 1. The van der Waals surface area contributed by atoms with Crippen LogP contribution in [-0.4, -0.2) is 19.0 Å². The van der Waals surface area contributed by atoms with Crippen LogP contribution < -0.4 is 0 Å². The fourth-order valence-corrected chi connectivity index (χ4v) is 2.28. The minimum atomic E-state index is -0.0492. The zero-order valence-corrected chi connectivity index (χ0v) is 7.91. The molecular formula is C11H12O3. The maximum atomic E-state index is 11.9. The molecule has 1 saturated heterocycles. The average molecular weight is 192 g/mol. The van der Waals surface area contributed by atoms with Crippen molar-refractivity contribution in [3.05, 3.63) is 23.2 Å². The first-order chi connectivity index (χ1) is 6.86. The fraction of sp³-hybridized carbons (Fsp3) is 0.545. The third-order valence-corrected chi connectivity index (χ3v) is 3.00. The van der Waals surface area contributed by atoms with Gasteiger partial charge in [-0.3, -0.25) is 4.79 Å². The average Bonchev–Trinajstić information content (AvgIpc) is 2.66. The minimum Gasteiger partial charge on any atom is -0.497 e. The van der Waals surface area contributed by atoms with Crippen molar-refractivity contribution in [3.63, 3.8) is 0 Å². The molecule has 2 heterocycles. The van der Waals surface area contributed by atoms with E-state index < -0.39 is 0 Å². The molecule has 74 valence electrons. The monoisotopic (exact) mass is 192 g/mol. The van der Waals surface area contributed by atoms with Crippen LogP contribution in [-0.2, 0) is 14.3 Å². The highest BCUT2D eigenvalue weighted by molar-refractivity contribution is 5.99. The van der Waals surface area contributed by atoms with Gasteiger partial charge in [-0.2, -0.15) is 0 Å². The summed E-state index contributed by atoms with van der Waals surface area (Å²) in [6.07, 6.45) is 4.76. The summed E-state index contributed by atoms with van der Waals surface area (Å²) in [5.41, 5.74) is 1.04. The van der Waals surface area contributed by atoms with Crippen molar-refractivity contribution in [2.45, 2.75) is 19.3 Å². The van der Waals surface area contributed by atoms with Gasteiger partial charge >= 0.3 is 0 Å². The predicted octanol–water partition coefficient (Wildman–Crippen LogP) is 1.55. The Bertz CT molecular complexity index is 352. The molecule has 0 N–H and O–H groups in total. The third kappa shape index (κ3) is 1.01. The van der Waals surface area contributed by atoms with E-state index in [4.69, 9.17) is 9.47 Å². The zero-order chi connectivity index (χ0) is 9.54. The third-order valence-electron chi connectivity index (χ3n) is 3.00. The fourth-order valence-electron chi connectivity index (χ4n) is 2.28. The van der Waals surface area contributed by atoms with Gasteiger partial charge in [0.1, 0.15) is 5.76 Å². The van der Waals surface area contributed by atoms with Crippen LogP contribution in [0.3, 0.4) is 0 Å². The van der Waals surface area contributed by atoms with Crippen molar-refractivity contribution < 1.29 is 14.3 Å². The lowest BCUT2D eigenvalue weighted by Gasteiger charge is -2.24. The van der Waals surface area contributed by atoms with E-state index in [0.29, 0.717) is 19.0 Å². The second-order valence-electron chi connectivity index (χ2n) is 3.91. The van der Waals surface area contributed by atoms with Gasteiger partial charge in [-0.1, -0.05) is 0 Å². The van der Waals surface area contributed by atoms with Crippen LogP contribution in [0.5, 0.6) is 0 Å². The highest BCUT2D eigenvalue weighted by Crippen LogP contribution is 2.37. The normalized spacial score (nSPS) is 30.1. The van der Waals surface area contributed by atoms with E-state index in [9.17, 15) is 4.79 Å². The quantitative estimate of drug-likeness (QED) is 0.584. The Hall–Kier alpha value is -1.25. The summed E-state index contributed by atoms with van der Waals surface area (Å²) in [4.78, 5) is 11.9. The van der Waals surface area contributed by atoms with Crippen LogP contribution in [0.4, 0.5) is 0 Å². The highest BCUT2D eigenvalue weighted by atomic mass is 16.5. The molecule has 0 aromatic rings. The van der Waals surface area contributed by atoms with Crippen molar-refractivity contribution in [2.24, 2.45) is 5.92 Å². The summed E-state index contributed by atoms with van der Waals surface area (Å²) in [6, 6.07) is 0. The van der Waals surface area contributed by atoms with E-state index in [-0.39, 0.29) is 11.7 Å². The van der Waals surface area contributed by atoms with Crippen molar-refractivity contribution in [1.29, 1.82) is 0 Å². The lowest BCUT2D eigenvalue weighted by Crippen LogP contribution is -2.25. The molecule has 1 unspecified atom stereocenters. The SMILES string of the molecule is O=C1C2=C(C=C3OCCC13)CCCO2. The lowest BCUT2D eigenvalue weighted by atomic mass is 9.88. The van der Waals surface area contributed by atoms with Gasteiger partial charge in [-0.15, -0.1) is 0 Å². The molecule has 3 nitrogen and oxygen atoms in total. The molecule has 0 saturated carbocycles. The number of Topliss-reactive ketones (excluding diaryl/α,β-unsaturated/α-hetero) is 1. The molecule has 0 bridgehead atoms. The van der Waals surface area contributed by atoms with Gasteiger partial charge in [0.2, 0.25) is 5.78 Å². The number of hydrogen-bond acceptors (Lipinski definition) is 3. The summed E-state index contributed by atoms with van der Waals surface area (Å²) in [5, 5.41) is 0. The summed E-state index contributed by atoms with van der Waals surface area (Å²) >= 11 is 0. The van der Waals surface area contributed by atoms with Crippen LogP contribution >= 0.6 is 0 Å². The summed E-state index contributed by atoms with van der Waals surface area (Å²) < 4.78 is 10.9. The Morgan fingerprint density at radius 1 is 1.29 bits per heavy atom. The predicted molar refractivity (Wildman–Crippen MR) is 49.4 cm³/mol. The van der Waals surface area contributed by atoms with Crippen LogP contribution in [0.2, 0.25) is 0 Å². The molecule has 3 heteroatoms. The number of carbonyl (C=O) groups is 1. The molecule has 0 radical (unpaired) electrons. The Morgan fingerprint density at radius 2 is 2.21 bits per heavy atom. The Kier molecular flexibility index (Phi) is 1.66. The van der Waals surface area contributed by atoms with E-state index in [0.717, 1.165) is 30.6 Å². The van der Waals surface area contributed by atoms with Crippen LogP contribution in [0, 0.1) is 5.92 Å². The standard InChI is InChI=1S/C11H12O3/c12-10-8-3-5-13-9(8)6-7-2-1-4-14-11(7)10/h6,8H,1-5H2. The molecular weight excluding hydrogens is 180 g/mol.